The number of hydrogen-bond acceptors (Lipinski definition) is 10. The van der Waals surface area contributed by atoms with E-state index in [0.717, 1.165) is 4.90 Å². The van der Waals surface area contributed by atoms with Crippen molar-refractivity contribution in [3.63, 3.8) is 0 Å². The number of pyridine rings is 1. The van der Waals surface area contributed by atoms with Gasteiger partial charge < -0.3 is 25.8 Å². The van der Waals surface area contributed by atoms with E-state index in [1.54, 1.807) is 19.3 Å². The highest BCUT2D eigenvalue weighted by Gasteiger charge is 2.53. The first-order valence-electron chi connectivity index (χ1n) is 10.3. The maximum absolute atomic E-state index is 12.9. The standard InChI is InChI=1S/C21H21N7O5S/c1-2-33-26-14(17-23-7-6-13(22)24-17)18(29)25-15-19(30)28-16(21(31)32)12(11-34-20(15)28)10-27-8-4-3-5-9-27/h3-9,15,20H,2,10-11H2,1H3,(H3-,22,23,24,25,29,31,32)/b26-14-/t15?,20-/m1/s1. The molecule has 0 radical (unpaired) electrons. The number of nitrogens with one attached hydrogen (secondary N) is 1. The lowest BCUT2D eigenvalue weighted by atomic mass is 10.0. The van der Waals surface area contributed by atoms with Crippen LogP contribution in [0.4, 0.5) is 5.82 Å². The van der Waals surface area contributed by atoms with Crippen molar-refractivity contribution in [1.82, 2.24) is 20.2 Å². The molecule has 0 aliphatic carbocycles. The van der Waals surface area contributed by atoms with Crippen molar-refractivity contribution in [2.24, 2.45) is 5.16 Å². The number of thioether (sulfide) groups is 1. The summed E-state index contributed by atoms with van der Waals surface area (Å²) in [5, 5.41) is 17.7. The van der Waals surface area contributed by atoms with E-state index < -0.39 is 29.2 Å². The molecule has 4 heterocycles. The van der Waals surface area contributed by atoms with Gasteiger partial charge in [0, 0.05) is 29.7 Å². The van der Waals surface area contributed by atoms with Crippen molar-refractivity contribution < 1.29 is 28.9 Å². The van der Waals surface area contributed by atoms with E-state index in [4.69, 9.17) is 10.6 Å². The highest BCUT2D eigenvalue weighted by atomic mass is 32.2. The molecule has 0 saturated carbocycles. The van der Waals surface area contributed by atoms with Crippen LogP contribution >= 0.6 is 11.8 Å². The van der Waals surface area contributed by atoms with E-state index in [1.165, 1.54) is 24.0 Å². The number of carbonyl (C=O) groups excluding carboxylic acids is 3. The topological polar surface area (TPSA) is 167 Å². The van der Waals surface area contributed by atoms with Crippen LogP contribution in [-0.2, 0) is 25.8 Å². The highest BCUT2D eigenvalue weighted by molar-refractivity contribution is 8.00. The largest absolute Gasteiger partial charge is 0.543 e. The van der Waals surface area contributed by atoms with Gasteiger partial charge in [-0.25, -0.2) is 14.5 Å². The quantitative estimate of drug-likeness (QED) is 0.190. The predicted octanol–water partition coefficient (Wildman–Crippen LogP) is -1.81. The summed E-state index contributed by atoms with van der Waals surface area (Å²) >= 11 is 1.35. The van der Waals surface area contributed by atoms with Crippen molar-refractivity contribution in [2.75, 3.05) is 18.1 Å². The number of aliphatic carboxylic acids is 1. The lowest BCUT2D eigenvalue weighted by molar-refractivity contribution is -0.689. The van der Waals surface area contributed by atoms with Crippen LogP contribution in [0.15, 0.2) is 59.3 Å². The Bertz CT molecular complexity index is 1190. The molecule has 3 N–H and O–H groups in total. The summed E-state index contributed by atoms with van der Waals surface area (Å²) in [6.45, 7) is 2.17. The average molecular weight is 484 g/mol. The first kappa shape index (κ1) is 23.2. The van der Waals surface area contributed by atoms with Gasteiger partial charge in [-0.1, -0.05) is 11.2 Å². The molecule has 4 rings (SSSR count). The number of aromatic nitrogens is 3. The molecule has 13 heteroatoms. The van der Waals surface area contributed by atoms with E-state index >= 15 is 0 Å². The Hall–Kier alpha value is -4.00. The molecule has 34 heavy (non-hydrogen) atoms. The second-order valence-electron chi connectivity index (χ2n) is 7.31. The van der Waals surface area contributed by atoms with Crippen molar-refractivity contribution in [3.05, 3.63) is 60.0 Å². The van der Waals surface area contributed by atoms with E-state index in [-0.39, 0.29) is 29.7 Å². The van der Waals surface area contributed by atoms with Crippen molar-refractivity contribution >= 4 is 41.1 Å². The van der Waals surface area contributed by atoms with E-state index in [2.05, 4.69) is 20.4 Å². The second kappa shape index (κ2) is 9.87. The molecule has 2 aliphatic rings. The van der Waals surface area contributed by atoms with Gasteiger partial charge in [-0.05, 0) is 13.0 Å². The summed E-state index contributed by atoms with van der Waals surface area (Å²) < 4.78 is 1.81. The highest BCUT2D eigenvalue weighted by Crippen LogP contribution is 2.40. The Balaban J connectivity index is 1.54. The number of amides is 2. The van der Waals surface area contributed by atoms with E-state index in [1.807, 2.05) is 22.8 Å². The molecule has 0 aromatic carbocycles. The van der Waals surface area contributed by atoms with Crippen molar-refractivity contribution in [2.45, 2.75) is 24.9 Å². The van der Waals surface area contributed by atoms with Gasteiger partial charge in [0.15, 0.2) is 24.8 Å². The first-order chi connectivity index (χ1) is 16.4. The van der Waals surface area contributed by atoms with Crippen LogP contribution in [0.3, 0.4) is 0 Å². The van der Waals surface area contributed by atoms with Crippen molar-refractivity contribution in [3.8, 4) is 0 Å². The molecule has 12 nitrogen and oxygen atoms in total. The van der Waals surface area contributed by atoms with Crippen LogP contribution in [0, 0.1) is 0 Å². The van der Waals surface area contributed by atoms with Gasteiger partial charge in [-0.3, -0.25) is 14.5 Å². The number of anilines is 1. The average Bonchev–Trinajstić information content (AvgIpc) is 2.83. The normalized spacial score (nSPS) is 19.9. The Morgan fingerprint density at radius 2 is 2.15 bits per heavy atom. The number of carboxylic acids is 1. The number of fused-ring (bicyclic) bond motifs is 1. The van der Waals surface area contributed by atoms with Gasteiger partial charge in [-0.15, -0.1) is 11.8 Å². The number of nitrogens with zero attached hydrogens (tertiary/aromatic N) is 5. The summed E-state index contributed by atoms with van der Waals surface area (Å²) in [6, 6.07) is 5.98. The maximum atomic E-state index is 12.9. The smallest absolute Gasteiger partial charge is 0.278 e. The first-order valence-corrected chi connectivity index (χ1v) is 11.4. The summed E-state index contributed by atoms with van der Waals surface area (Å²) in [7, 11) is 0. The summed E-state index contributed by atoms with van der Waals surface area (Å²) in [5.41, 5.74) is 5.80. The lowest BCUT2D eigenvalue weighted by Gasteiger charge is -2.50. The molecule has 2 amide bonds. The third kappa shape index (κ3) is 4.55. The zero-order valence-electron chi connectivity index (χ0n) is 18.1. The van der Waals surface area contributed by atoms with E-state index in [9.17, 15) is 19.5 Å². The van der Waals surface area contributed by atoms with Gasteiger partial charge in [0.1, 0.15) is 23.8 Å². The molecule has 2 atom stereocenters. The number of hydrogen-bond donors (Lipinski definition) is 2. The minimum absolute atomic E-state index is 0.0663. The molecular formula is C21H21N7O5S. The monoisotopic (exact) mass is 483 g/mol. The number of nitrogens with two attached hydrogens (primary N) is 1. The third-order valence-corrected chi connectivity index (χ3v) is 6.41. The predicted molar refractivity (Wildman–Crippen MR) is 118 cm³/mol. The number of carbonyl (C=O) groups is 3. The molecule has 176 valence electrons. The molecule has 2 aromatic heterocycles. The molecule has 0 bridgehead atoms. The Labute approximate surface area is 198 Å². The molecule has 0 spiro atoms. The zero-order valence-corrected chi connectivity index (χ0v) is 18.9. The zero-order chi connectivity index (χ0) is 24.2. The molecule has 1 saturated heterocycles. The van der Waals surface area contributed by atoms with Gasteiger partial charge >= 0.3 is 0 Å². The molecule has 2 aliphatic heterocycles. The van der Waals surface area contributed by atoms with Crippen LogP contribution in [0.1, 0.15) is 12.7 Å². The summed E-state index contributed by atoms with van der Waals surface area (Å²) in [6.07, 6.45) is 4.97. The molecule has 1 fully saturated rings. The molecule has 1 unspecified atom stereocenters. The van der Waals surface area contributed by atoms with Crippen LogP contribution < -0.4 is 20.7 Å². The van der Waals surface area contributed by atoms with Gasteiger partial charge in [-0.2, -0.15) is 0 Å². The van der Waals surface area contributed by atoms with Gasteiger partial charge in [0.05, 0.1) is 11.7 Å². The van der Waals surface area contributed by atoms with Gasteiger partial charge in [0.2, 0.25) is 5.71 Å². The number of oxime groups is 1. The number of rotatable bonds is 8. The number of carboxylic acid groups (broad SMARTS) is 1. The summed E-state index contributed by atoms with van der Waals surface area (Å²) in [4.78, 5) is 51.9. The maximum Gasteiger partial charge on any atom is 0.278 e. The fourth-order valence-electron chi connectivity index (χ4n) is 3.56. The Kier molecular flexibility index (Phi) is 6.72. The van der Waals surface area contributed by atoms with Crippen LogP contribution in [0.5, 0.6) is 0 Å². The molecular weight excluding hydrogens is 462 g/mol. The number of nitrogen functional groups attached to an aromatic ring is 1. The molecule has 2 aromatic rings. The lowest BCUT2D eigenvalue weighted by Crippen LogP contribution is -2.71. The fourth-order valence-corrected chi connectivity index (χ4v) is 4.90. The van der Waals surface area contributed by atoms with Crippen LogP contribution in [0.25, 0.3) is 0 Å². The third-order valence-electron chi connectivity index (χ3n) is 5.07. The SMILES string of the molecule is CCO/N=C(\C(=O)NC1C(=O)N2C(C(=O)[O-])=C(C[n+]3ccccc3)CS[C@H]12)c1nccc(N)n1. The fraction of sp³-hybridized carbons (Fsp3) is 0.286. The summed E-state index contributed by atoms with van der Waals surface area (Å²) in [5.74, 6) is -2.34. The Morgan fingerprint density at radius 3 is 2.82 bits per heavy atom. The number of β-lactam (4-membered cyclic amide) rings is 1. The van der Waals surface area contributed by atoms with Crippen LogP contribution in [0.2, 0.25) is 0 Å². The van der Waals surface area contributed by atoms with Crippen molar-refractivity contribution in [1.29, 1.82) is 0 Å². The second-order valence-corrected chi connectivity index (χ2v) is 8.42. The Morgan fingerprint density at radius 1 is 1.38 bits per heavy atom. The minimum Gasteiger partial charge on any atom is -0.543 e. The van der Waals surface area contributed by atoms with Gasteiger partial charge in [0.25, 0.3) is 11.8 Å². The van der Waals surface area contributed by atoms with Crippen LogP contribution in [-0.4, -0.2) is 62.1 Å². The minimum atomic E-state index is -1.44. The van der Waals surface area contributed by atoms with E-state index in [0.29, 0.717) is 17.9 Å².